The smallest absolute Gasteiger partial charge is 0.248 e. The average molecular weight is 350 g/mol. The van der Waals surface area contributed by atoms with Gasteiger partial charge in [-0.15, -0.1) is 0 Å². The Morgan fingerprint density at radius 2 is 2.12 bits per heavy atom. The molecule has 0 aromatic carbocycles. The monoisotopic (exact) mass is 350 g/mol. The number of piperidine rings is 1. The number of methoxy groups -OCH3 is 1. The highest BCUT2D eigenvalue weighted by Gasteiger charge is 2.28. The molecule has 140 valence electrons. The second-order valence-electron chi connectivity index (χ2n) is 6.62. The van der Waals surface area contributed by atoms with Crippen molar-refractivity contribution in [2.45, 2.75) is 46.6 Å². The van der Waals surface area contributed by atoms with E-state index >= 15 is 0 Å². The van der Waals surface area contributed by atoms with Gasteiger partial charge < -0.3 is 15.0 Å². The van der Waals surface area contributed by atoms with E-state index in [1.54, 1.807) is 4.90 Å². The molecule has 0 unspecified atom stereocenters. The van der Waals surface area contributed by atoms with E-state index in [4.69, 9.17) is 4.74 Å². The Kier molecular flexibility index (Phi) is 6.99. The van der Waals surface area contributed by atoms with Crippen molar-refractivity contribution >= 4 is 11.8 Å². The second kappa shape index (κ2) is 8.99. The van der Waals surface area contributed by atoms with Gasteiger partial charge in [0, 0.05) is 39.0 Å². The summed E-state index contributed by atoms with van der Waals surface area (Å²) in [7, 11) is 1.51. The van der Waals surface area contributed by atoms with Crippen molar-refractivity contribution in [2.24, 2.45) is 5.92 Å². The normalized spacial score (nSPS) is 17.6. The molecule has 2 amide bonds. The van der Waals surface area contributed by atoms with Crippen LogP contribution < -0.4 is 5.32 Å². The Hall–Kier alpha value is -1.89. The minimum absolute atomic E-state index is 0.0353. The van der Waals surface area contributed by atoms with Crippen molar-refractivity contribution in [3.63, 3.8) is 0 Å². The zero-order chi connectivity index (χ0) is 18.4. The molecule has 7 heteroatoms. The Bertz CT molecular complexity index is 612. The largest absolute Gasteiger partial charge is 0.375 e. The number of hydrogen-bond acceptors (Lipinski definition) is 4. The summed E-state index contributed by atoms with van der Waals surface area (Å²) in [6, 6.07) is 0. The molecule has 0 radical (unpaired) electrons. The molecule has 0 spiro atoms. The molecule has 1 aliphatic rings. The summed E-state index contributed by atoms with van der Waals surface area (Å²) in [5.74, 6) is -0.138. The quantitative estimate of drug-likeness (QED) is 0.798. The van der Waals surface area contributed by atoms with Crippen LogP contribution in [0.4, 0.5) is 0 Å². The van der Waals surface area contributed by atoms with E-state index < -0.39 is 0 Å². The number of hydrogen-bond donors (Lipinski definition) is 1. The molecule has 1 aromatic rings. The summed E-state index contributed by atoms with van der Waals surface area (Å²) in [4.78, 5) is 26.1. The number of carbonyl (C=O) groups is 2. The number of carbonyl (C=O) groups excluding carboxylic acids is 2. The maximum Gasteiger partial charge on any atom is 0.248 e. The van der Waals surface area contributed by atoms with Crippen LogP contribution in [0, 0.1) is 19.8 Å². The number of ether oxygens (including phenoxy) is 1. The van der Waals surface area contributed by atoms with E-state index in [2.05, 4.69) is 24.3 Å². The predicted molar refractivity (Wildman–Crippen MR) is 95.3 cm³/mol. The van der Waals surface area contributed by atoms with Gasteiger partial charge in [0.15, 0.2) is 0 Å². The lowest BCUT2D eigenvalue weighted by Crippen LogP contribution is -2.46. The van der Waals surface area contributed by atoms with E-state index in [-0.39, 0.29) is 24.3 Å². The number of amides is 2. The zero-order valence-corrected chi connectivity index (χ0v) is 15.8. The molecular weight excluding hydrogens is 320 g/mol. The highest BCUT2D eigenvalue weighted by molar-refractivity contribution is 5.81. The van der Waals surface area contributed by atoms with Crippen LogP contribution in [0.3, 0.4) is 0 Å². The fourth-order valence-electron chi connectivity index (χ4n) is 3.49. The topological polar surface area (TPSA) is 76.5 Å². The van der Waals surface area contributed by atoms with Crippen LogP contribution in [0.2, 0.25) is 0 Å². The molecule has 1 aromatic heterocycles. The summed E-state index contributed by atoms with van der Waals surface area (Å²) >= 11 is 0. The van der Waals surface area contributed by atoms with Crippen LogP contribution >= 0.6 is 0 Å². The summed E-state index contributed by atoms with van der Waals surface area (Å²) in [5.41, 5.74) is 3.41. The van der Waals surface area contributed by atoms with Crippen LogP contribution in [-0.2, 0) is 27.3 Å². The molecule has 0 saturated carbocycles. The van der Waals surface area contributed by atoms with Gasteiger partial charge in [0.05, 0.1) is 11.6 Å². The van der Waals surface area contributed by atoms with Crippen LogP contribution in [0.5, 0.6) is 0 Å². The van der Waals surface area contributed by atoms with Gasteiger partial charge in [-0.25, -0.2) is 0 Å². The highest BCUT2D eigenvalue weighted by Crippen LogP contribution is 2.17. The van der Waals surface area contributed by atoms with Gasteiger partial charge in [-0.05, 0) is 45.6 Å². The molecule has 7 nitrogen and oxygen atoms in total. The third-order valence-corrected chi connectivity index (χ3v) is 4.92. The number of nitrogens with zero attached hydrogens (tertiary/aromatic N) is 3. The molecule has 1 N–H and O–H groups in total. The third-order valence-electron chi connectivity index (χ3n) is 4.92. The summed E-state index contributed by atoms with van der Waals surface area (Å²) in [5, 5.41) is 7.54. The van der Waals surface area contributed by atoms with Gasteiger partial charge in [0.25, 0.3) is 0 Å². The molecule has 0 bridgehead atoms. The standard InChI is InChI=1S/C18H30N4O3/c1-5-22-14(3)16(13(2)20-22)8-9-19-18(24)15-7-6-10-21(11-15)17(23)12-25-4/h15H,5-12H2,1-4H3,(H,19,24)/t15-/m0/s1. The van der Waals surface area contributed by atoms with Crippen molar-refractivity contribution in [3.8, 4) is 0 Å². The van der Waals surface area contributed by atoms with Gasteiger partial charge in [-0.1, -0.05) is 0 Å². The zero-order valence-electron chi connectivity index (χ0n) is 15.8. The van der Waals surface area contributed by atoms with Crippen LogP contribution in [0.25, 0.3) is 0 Å². The third kappa shape index (κ3) is 4.81. The summed E-state index contributed by atoms with van der Waals surface area (Å²) in [6.07, 6.45) is 2.46. The van der Waals surface area contributed by atoms with Gasteiger partial charge in [-0.3, -0.25) is 14.3 Å². The molecule has 1 fully saturated rings. The lowest BCUT2D eigenvalue weighted by atomic mass is 9.97. The molecule has 1 aliphatic heterocycles. The Balaban J connectivity index is 1.84. The van der Waals surface area contributed by atoms with Gasteiger partial charge in [0.1, 0.15) is 6.61 Å². The summed E-state index contributed by atoms with van der Waals surface area (Å²) < 4.78 is 6.89. The van der Waals surface area contributed by atoms with E-state index in [1.807, 2.05) is 11.6 Å². The first kappa shape index (κ1) is 19.4. The lowest BCUT2D eigenvalue weighted by Gasteiger charge is -2.31. The molecule has 1 saturated heterocycles. The van der Waals surface area contributed by atoms with Crippen molar-refractivity contribution in [1.82, 2.24) is 20.0 Å². The minimum Gasteiger partial charge on any atom is -0.375 e. The van der Waals surface area contributed by atoms with E-state index in [0.717, 1.165) is 31.5 Å². The first-order valence-electron chi connectivity index (χ1n) is 9.05. The molecule has 2 rings (SSSR count). The highest BCUT2D eigenvalue weighted by atomic mass is 16.5. The lowest BCUT2D eigenvalue weighted by molar-refractivity contribution is -0.138. The Morgan fingerprint density at radius 3 is 2.76 bits per heavy atom. The predicted octanol–water partition coefficient (Wildman–Crippen LogP) is 1.06. The molecule has 0 aliphatic carbocycles. The average Bonchev–Trinajstić information content (AvgIpc) is 2.89. The first-order chi connectivity index (χ1) is 12.0. The second-order valence-corrected chi connectivity index (χ2v) is 6.62. The van der Waals surface area contributed by atoms with Gasteiger partial charge in [0.2, 0.25) is 11.8 Å². The molecule has 1 atom stereocenters. The first-order valence-corrected chi connectivity index (χ1v) is 9.05. The number of likely N-dealkylation sites (tertiary alicyclic amines) is 1. The van der Waals surface area contributed by atoms with Crippen LogP contribution in [-0.4, -0.2) is 59.8 Å². The number of nitrogens with one attached hydrogen (secondary N) is 1. The van der Waals surface area contributed by atoms with Crippen molar-refractivity contribution in [1.29, 1.82) is 0 Å². The molecule has 25 heavy (non-hydrogen) atoms. The Labute approximate surface area is 149 Å². The summed E-state index contributed by atoms with van der Waals surface area (Å²) in [6.45, 7) is 8.88. The van der Waals surface area contributed by atoms with Crippen molar-refractivity contribution in [2.75, 3.05) is 33.4 Å². The number of rotatable bonds is 7. The van der Waals surface area contributed by atoms with Crippen molar-refractivity contribution < 1.29 is 14.3 Å². The van der Waals surface area contributed by atoms with E-state index in [1.165, 1.54) is 18.4 Å². The molecule has 2 heterocycles. The van der Waals surface area contributed by atoms with Crippen LogP contribution in [0.1, 0.15) is 36.7 Å². The number of aryl methyl sites for hydroxylation is 2. The van der Waals surface area contributed by atoms with E-state index in [0.29, 0.717) is 19.6 Å². The van der Waals surface area contributed by atoms with Gasteiger partial charge >= 0.3 is 0 Å². The van der Waals surface area contributed by atoms with Gasteiger partial charge in [-0.2, -0.15) is 5.10 Å². The fourth-order valence-corrected chi connectivity index (χ4v) is 3.49. The SMILES string of the molecule is CCn1nc(C)c(CCNC(=O)[C@H]2CCCN(C(=O)COC)C2)c1C. The van der Waals surface area contributed by atoms with Crippen molar-refractivity contribution in [3.05, 3.63) is 17.0 Å². The fraction of sp³-hybridized carbons (Fsp3) is 0.722. The Morgan fingerprint density at radius 1 is 1.36 bits per heavy atom. The van der Waals surface area contributed by atoms with Crippen LogP contribution in [0.15, 0.2) is 0 Å². The number of aromatic nitrogens is 2. The maximum atomic E-state index is 12.4. The molecular formula is C18H30N4O3. The van der Waals surface area contributed by atoms with E-state index in [9.17, 15) is 9.59 Å². The minimum atomic E-state index is -0.130. The maximum absolute atomic E-state index is 12.4.